The summed E-state index contributed by atoms with van der Waals surface area (Å²) >= 11 is 0. The van der Waals surface area contributed by atoms with Gasteiger partial charge in [-0.25, -0.2) is 0 Å². The first-order valence-electron chi connectivity index (χ1n) is 11.8. The quantitative estimate of drug-likeness (QED) is 0.199. The van der Waals surface area contributed by atoms with E-state index in [1.54, 1.807) is 0 Å². The van der Waals surface area contributed by atoms with Gasteiger partial charge in [0.15, 0.2) is 6.29 Å². The largest absolute Gasteiger partial charge is 0.298 e. The number of benzene rings is 6. The summed E-state index contributed by atoms with van der Waals surface area (Å²) in [5.74, 6) is 0. The molecule has 0 unspecified atom stereocenters. The highest BCUT2D eigenvalue weighted by atomic mass is 16.1. The lowest BCUT2D eigenvalue weighted by atomic mass is 9.80. The number of carbonyl (C=O) groups excluding carboxylic acids is 1. The molecule has 164 valence electrons. The molecular formula is C33H26O. The lowest BCUT2D eigenvalue weighted by Crippen LogP contribution is -2.11. The van der Waals surface area contributed by atoms with E-state index in [9.17, 15) is 4.79 Å². The van der Waals surface area contributed by atoms with Gasteiger partial charge in [-0.3, -0.25) is 4.79 Å². The zero-order chi connectivity index (χ0) is 23.4. The Kier molecular flexibility index (Phi) is 4.57. The highest BCUT2D eigenvalue weighted by molar-refractivity contribution is 6.30. The normalized spacial score (nSPS) is 12.1. The fraction of sp³-hybridized carbons (Fsp3) is 0.121. The van der Waals surface area contributed by atoms with Crippen LogP contribution in [0.2, 0.25) is 0 Å². The maximum atomic E-state index is 12.4. The van der Waals surface area contributed by atoms with Crippen LogP contribution < -0.4 is 0 Å². The van der Waals surface area contributed by atoms with E-state index < -0.39 is 0 Å². The van der Waals surface area contributed by atoms with Crippen molar-refractivity contribution in [2.24, 2.45) is 0 Å². The summed E-state index contributed by atoms with van der Waals surface area (Å²) in [6.07, 6.45) is 1.02. The highest BCUT2D eigenvalue weighted by Crippen LogP contribution is 2.45. The van der Waals surface area contributed by atoms with Crippen LogP contribution in [-0.2, 0) is 5.41 Å². The van der Waals surface area contributed by atoms with Crippen LogP contribution in [0.25, 0.3) is 54.6 Å². The molecule has 0 fully saturated rings. The molecular weight excluding hydrogens is 412 g/mol. The molecule has 0 aromatic heterocycles. The first-order valence-corrected chi connectivity index (χ1v) is 11.8. The van der Waals surface area contributed by atoms with Gasteiger partial charge in [0.25, 0.3) is 0 Å². The van der Waals surface area contributed by atoms with Gasteiger partial charge in [-0.15, -0.1) is 0 Å². The van der Waals surface area contributed by atoms with Crippen molar-refractivity contribution in [1.82, 2.24) is 0 Å². The van der Waals surface area contributed by atoms with Crippen LogP contribution in [0, 0.1) is 0 Å². The van der Waals surface area contributed by atoms with Crippen LogP contribution in [0.3, 0.4) is 0 Å². The highest BCUT2D eigenvalue weighted by Gasteiger charge is 2.21. The minimum absolute atomic E-state index is 0.00496. The van der Waals surface area contributed by atoms with Crippen molar-refractivity contribution in [3.8, 4) is 22.3 Å². The Morgan fingerprint density at radius 1 is 0.588 bits per heavy atom. The summed E-state index contributed by atoms with van der Waals surface area (Å²) in [5, 5.41) is 7.00. The van der Waals surface area contributed by atoms with Gasteiger partial charge in [0.05, 0.1) is 0 Å². The summed E-state index contributed by atoms with van der Waals surface area (Å²) in [7, 11) is 0. The monoisotopic (exact) mass is 438 g/mol. The van der Waals surface area contributed by atoms with Gasteiger partial charge in [0.1, 0.15) is 0 Å². The predicted octanol–water partition coefficient (Wildman–Crippen LogP) is 9.03. The SMILES string of the molecule is CC(C)(C)c1cc2ccc3c(-c4ccccc4)cc(-c4ccccc4)c4cc(C=O)c(c1)c2c34. The van der Waals surface area contributed by atoms with Crippen LogP contribution in [0.1, 0.15) is 36.7 Å². The standard InChI is InChI=1S/C33H26O/c1-33(2,3)25-16-23-14-15-26-27(21-10-6-4-7-11-21)19-28(22-12-8-5-9-13-22)30-17-24(20-34)29(18-25)31(23)32(26)30/h4-20H,1-3H3. The molecule has 0 radical (unpaired) electrons. The molecule has 34 heavy (non-hydrogen) atoms. The van der Waals surface area contributed by atoms with Crippen molar-refractivity contribution in [3.63, 3.8) is 0 Å². The Morgan fingerprint density at radius 3 is 1.79 bits per heavy atom. The van der Waals surface area contributed by atoms with E-state index in [2.05, 4.69) is 112 Å². The zero-order valence-corrected chi connectivity index (χ0v) is 19.7. The van der Waals surface area contributed by atoms with E-state index >= 15 is 0 Å². The molecule has 0 spiro atoms. The number of aldehydes is 1. The van der Waals surface area contributed by atoms with Crippen molar-refractivity contribution >= 4 is 38.6 Å². The number of carbonyl (C=O) groups is 1. The third-order valence-corrected chi connectivity index (χ3v) is 7.03. The maximum absolute atomic E-state index is 12.4. The van der Waals surface area contributed by atoms with Crippen LogP contribution in [0.5, 0.6) is 0 Å². The molecule has 0 N–H and O–H groups in total. The molecule has 0 atom stereocenters. The van der Waals surface area contributed by atoms with Crippen molar-refractivity contribution < 1.29 is 4.79 Å². The minimum atomic E-state index is -0.00496. The van der Waals surface area contributed by atoms with Gasteiger partial charge in [0, 0.05) is 5.56 Å². The molecule has 6 aromatic carbocycles. The molecule has 0 bridgehead atoms. The van der Waals surface area contributed by atoms with E-state index in [0.717, 1.165) is 33.7 Å². The van der Waals surface area contributed by atoms with Crippen LogP contribution in [-0.4, -0.2) is 6.29 Å². The fourth-order valence-electron chi connectivity index (χ4n) is 5.26. The van der Waals surface area contributed by atoms with Crippen LogP contribution in [0.15, 0.2) is 97.1 Å². The first-order chi connectivity index (χ1) is 16.5. The molecule has 0 saturated heterocycles. The van der Waals surface area contributed by atoms with Gasteiger partial charge in [-0.2, -0.15) is 0 Å². The third-order valence-electron chi connectivity index (χ3n) is 7.03. The van der Waals surface area contributed by atoms with E-state index in [1.807, 2.05) is 6.07 Å². The maximum Gasteiger partial charge on any atom is 0.150 e. The van der Waals surface area contributed by atoms with E-state index in [-0.39, 0.29) is 5.41 Å². The van der Waals surface area contributed by atoms with Gasteiger partial charge >= 0.3 is 0 Å². The topological polar surface area (TPSA) is 17.1 Å². The molecule has 0 aliphatic carbocycles. The molecule has 0 aliphatic heterocycles. The third kappa shape index (κ3) is 3.12. The molecule has 0 heterocycles. The van der Waals surface area contributed by atoms with Gasteiger partial charge in [0.2, 0.25) is 0 Å². The van der Waals surface area contributed by atoms with Gasteiger partial charge in [-0.05, 0) is 83.7 Å². The lowest BCUT2D eigenvalue weighted by molar-refractivity contribution is 0.112. The number of hydrogen-bond acceptors (Lipinski definition) is 1. The van der Waals surface area contributed by atoms with E-state index in [0.29, 0.717) is 0 Å². The van der Waals surface area contributed by atoms with Crippen molar-refractivity contribution in [1.29, 1.82) is 0 Å². The minimum Gasteiger partial charge on any atom is -0.298 e. The second-order valence-electron chi connectivity index (χ2n) is 10.2. The van der Waals surface area contributed by atoms with Crippen molar-refractivity contribution in [2.45, 2.75) is 26.2 Å². The molecule has 1 nitrogen and oxygen atoms in total. The van der Waals surface area contributed by atoms with E-state index in [1.165, 1.54) is 38.2 Å². The number of hydrogen-bond donors (Lipinski definition) is 0. The molecule has 0 amide bonds. The molecule has 0 aliphatic rings. The van der Waals surface area contributed by atoms with Crippen LogP contribution in [0.4, 0.5) is 0 Å². The Morgan fingerprint density at radius 2 is 1.21 bits per heavy atom. The summed E-state index contributed by atoms with van der Waals surface area (Å²) in [5.41, 5.74) is 6.72. The van der Waals surface area contributed by atoms with Crippen LogP contribution >= 0.6 is 0 Å². The molecule has 1 heteroatoms. The second-order valence-corrected chi connectivity index (χ2v) is 10.2. The molecule has 0 saturated carbocycles. The van der Waals surface area contributed by atoms with Gasteiger partial charge in [-0.1, -0.05) is 99.6 Å². The smallest absolute Gasteiger partial charge is 0.150 e. The molecule has 6 rings (SSSR count). The summed E-state index contributed by atoms with van der Waals surface area (Å²) in [6.45, 7) is 6.67. The lowest BCUT2D eigenvalue weighted by Gasteiger charge is -2.23. The fourth-order valence-corrected chi connectivity index (χ4v) is 5.26. The van der Waals surface area contributed by atoms with Crippen molar-refractivity contribution in [3.05, 3.63) is 108 Å². The number of rotatable bonds is 3. The Balaban J connectivity index is 1.86. The first kappa shape index (κ1) is 20.6. The average Bonchev–Trinajstić information content (AvgIpc) is 2.86. The predicted molar refractivity (Wildman–Crippen MR) is 145 cm³/mol. The summed E-state index contributed by atoms with van der Waals surface area (Å²) in [6, 6.07) is 34.5. The Labute approximate surface area is 200 Å². The van der Waals surface area contributed by atoms with E-state index in [4.69, 9.17) is 0 Å². The zero-order valence-electron chi connectivity index (χ0n) is 19.7. The van der Waals surface area contributed by atoms with Crippen molar-refractivity contribution in [2.75, 3.05) is 0 Å². The molecule has 6 aromatic rings. The summed E-state index contributed by atoms with van der Waals surface area (Å²) < 4.78 is 0. The average molecular weight is 439 g/mol. The van der Waals surface area contributed by atoms with Gasteiger partial charge < -0.3 is 0 Å². The second kappa shape index (κ2) is 7.53. The Bertz CT molecular complexity index is 1670. The Hall–Kier alpha value is -3.97. The summed E-state index contributed by atoms with van der Waals surface area (Å²) in [4.78, 5) is 12.4.